The van der Waals surface area contributed by atoms with Crippen LogP contribution in [0.1, 0.15) is 161 Å². The molecule has 9 heteroatoms. The first kappa shape index (κ1) is 43.8. The Morgan fingerprint density at radius 2 is 1.53 bits per heavy atom. The van der Waals surface area contributed by atoms with Crippen LogP contribution in [0.25, 0.3) is 23.8 Å². The summed E-state index contributed by atoms with van der Waals surface area (Å²) in [5.74, 6) is -1.03. The van der Waals surface area contributed by atoms with Gasteiger partial charge in [0.05, 0.1) is 12.8 Å². The SMILES string of the molecule is CCc1c2[nH]c(c1C)/C=C1\N/C(=C3\c4[nH]c(c(C)c4C(=O)[C@@H]3C(=O)OC)/C=c3\[nH]/c(c(C)c3CC)=C\2)[C@@H](CCC(=O)OC/C=C(\C)CCC[C@H](C)CCCC(C)C)[C@@H]1C. The highest BCUT2D eigenvalue weighted by Crippen LogP contribution is 2.48. The summed E-state index contributed by atoms with van der Waals surface area (Å²) in [5.41, 5.74) is 13.2. The number of hydrogen-bond acceptors (Lipinski definition) is 6. The predicted molar refractivity (Wildman–Crippen MR) is 238 cm³/mol. The van der Waals surface area contributed by atoms with Crippen LogP contribution < -0.4 is 16.0 Å². The number of ether oxygens (including phenoxy) is 2. The number of methoxy groups -OCH3 is 1. The van der Waals surface area contributed by atoms with Crippen molar-refractivity contribution in [3.63, 3.8) is 0 Å². The van der Waals surface area contributed by atoms with E-state index in [1.165, 1.54) is 60.6 Å². The van der Waals surface area contributed by atoms with Gasteiger partial charge in [0.25, 0.3) is 0 Å². The van der Waals surface area contributed by atoms with E-state index in [4.69, 9.17) is 9.47 Å². The molecule has 0 amide bonds. The Balaban J connectivity index is 1.33. The van der Waals surface area contributed by atoms with Gasteiger partial charge in [0, 0.05) is 68.6 Å². The molecule has 2 aliphatic heterocycles. The Bertz CT molecular complexity index is 2310. The number of rotatable bonds is 16. The number of aromatic amines is 3. The van der Waals surface area contributed by atoms with Gasteiger partial charge in [0.1, 0.15) is 12.5 Å². The van der Waals surface area contributed by atoms with Crippen molar-refractivity contribution in [3.8, 4) is 0 Å². The molecule has 318 valence electrons. The maximum atomic E-state index is 14.4. The summed E-state index contributed by atoms with van der Waals surface area (Å²) >= 11 is 0. The number of fused-ring (bicyclic) bond motifs is 7. The molecule has 8 bridgehead atoms. The zero-order valence-corrected chi connectivity index (χ0v) is 37.5. The minimum atomic E-state index is -1.13. The van der Waals surface area contributed by atoms with E-state index >= 15 is 0 Å². The normalized spacial score (nSPS) is 22.4. The Labute approximate surface area is 351 Å². The van der Waals surface area contributed by atoms with Crippen LogP contribution in [0.3, 0.4) is 0 Å². The van der Waals surface area contributed by atoms with Crippen LogP contribution in [0.5, 0.6) is 0 Å². The lowest BCUT2D eigenvalue weighted by atomic mass is 9.85. The Morgan fingerprint density at radius 1 is 0.831 bits per heavy atom. The smallest absolute Gasteiger partial charge is 0.321 e. The number of allylic oxidation sites excluding steroid dienone is 3. The highest BCUT2D eigenvalue weighted by atomic mass is 16.5. The van der Waals surface area contributed by atoms with Crippen LogP contribution in [-0.2, 0) is 31.9 Å². The van der Waals surface area contributed by atoms with Crippen molar-refractivity contribution in [3.05, 3.63) is 89.9 Å². The van der Waals surface area contributed by atoms with Gasteiger partial charge in [-0.3, -0.25) is 14.4 Å². The van der Waals surface area contributed by atoms with Crippen molar-refractivity contribution >= 4 is 41.5 Å². The number of ketones is 1. The molecule has 59 heavy (non-hydrogen) atoms. The molecule has 0 aromatic carbocycles. The van der Waals surface area contributed by atoms with Crippen LogP contribution in [0.15, 0.2) is 23.0 Å². The van der Waals surface area contributed by atoms with Gasteiger partial charge in [-0.15, -0.1) is 0 Å². The molecule has 0 saturated carbocycles. The summed E-state index contributed by atoms with van der Waals surface area (Å²) in [6, 6.07) is 0. The van der Waals surface area contributed by atoms with Crippen LogP contribution in [0, 0.1) is 50.4 Å². The number of esters is 2. The molecule has 9 nitrogen and oxygen atoms in total. The number of nitrogens with one attached hydrogen (secondary N) is 4. The average molecular weight is 805 g/mol. The first-order chi connectivity index (χ1) is 28.2. The van der Waals surface area contributed by atoms with E-state index in [1.807, 2.05) is 13.0 Å². The van der Waals surface area contributed by atoms with Crippen molar-refractivity contribution in [1.82, 2.24) is 20.3 Å². The van der Waals surface area contributed by atoms with E-state index in [-0.39, 0.29) is 36.6 Å². The topological polar surface area (TPSA) is 129 Å². The van der Waals surface area contributed by atoms with Crippen molar-refractivity contribution in [2.75, 3.05) is 13.7 Å². The Morgan fingerprint density at radius 3 is 2.22 bits per heavy atom. The van der Waals surface area contributed by atoms with Gasteiger partial charge in [-0.2, -0.15) is 0 Å². The van der Waals surface area contributed by atoms with E-state index in [1.54, 1.807) is 0 Å². The first-order valence-electron chi connectivity index (χ1n) is 22.2. The number of Topliss-reactive ketones (excluding diaryl/α,β-unsaturated/α-hetero) is 1. The monoisotopic (exact) mass is 805 g/mol. The van der Waals surface area contributed by atoms with Crippen LogP contribution in [0.4, 0.5) is 0 Å². The third-order valence-electron chi connectivity index (χ3n) is 13.4. The zero-order valence-electron chi connectivity index (χ0n) is 37.5. The quantitative estimate of drug-likeness (QED) is 0.0650. The minimum absolute atomic E-state index is 0.0597. The Hall–Kier alpha value is -4.79. The van der Waals surface area contributed by atoms with Gasteiger partial charge >= 0.3 is 11.9 Å². The van der Waals surface area contributed by atoms with Gasteiger partial charge in [-0.25, -0.2) is 0 Å². The molecule has 3 aromatic rings. The second kappa shape index (κ2) is 18.6. The van der Waals surface area contributed by atoms with E-state index < -0.39 is 11.9 Å². The van der Waals surface area contributed by atoms with E-state index in [9.17, 15) is 14.4 Å². The first-order valence-corrected chi connectivity index (χ1v) is 22.2. The van der Waals surface area contributed by atoms with Gasteiger partial charge in [0.15, 0.2) is 5.78 Å². The fourth-order valence-electron chi connectivity index (χ4n) is 9.70. The number of carbonyl (C=O) groups is 3. The van der Waals surface area contributed by atoms with E-state index in [2.05, 4.69) is 101 Å². The molecule has 1 fully saturated rings. The van der Waals surface area contributed by atoms with Crippen molar-refractivity contribution in [1.29, 1.82) is 0 Å². The molecule has 5 heterocycles. The maximum Gasteiger partial charge on any atom is 0.321 e. The molecule has 3 aliphatic rings. The zero-order chi connectivity index (χ0) is 42.7. The lowest BCUT2D eigenvalue weighted by Crippen LogP contribution is -2.25. The molecule has 0 unspecified atom stereocenters. The number of H-pyrrole nitrogens is 3. The molecule has 4 atom stereocenters. The van der Waals surface area contributed by atoms with E-state index in [0.29, 0.717) is 23.3 Å². The number of hydrogen-bond donors (Lipinski definition) is 4. The summed E-state index contributed by atoms with van der Waals surface area (Å²) in [4.78, 5) is 52.3. The summed E-state index contributed by atoms with van der Waals surface area (Å²) in [5, 5.41) is 5.75. The second-order valence-electron chi connectivity index (χ2n) is 17.9. The highest BCUT2D eigenvalue weighted by Gasteiger charge is 2.48. The van der Waals surface area contributed by atoms with Crippen LogP contribution >= 0.6 is 0 Å². The summed E-state index contributed by atoms with van der Waals surface area (Å²) in [7, 11) is 1.33. The average Bonchev–Trinajstić information content (AvgIpc) is 3.94. The van der Waals surface area contributed by atoms with Crippen LogP contribution in [0.2, 0.25) is 0 Å². The summed E-state index contributed by atoms with van der Waals surface area (Å²) in [6.45, 7) is 22.0. The molecule has 1 saturated heterocycles. The fraction of sp³-hybridized carbons (Fsp3) is 0.540. The molecule has 4 N–H and O–H groups in total. The molecular formula is C50H68N4O5. The van der Waals surface area contributed by atoms with Crippen molar-refractivity contribution in [2.45, 2.75) is 133 Å². The Kier molecular flexibility index (Phi) is 13.8. The number of aromatic nitrogens is 3. The fourth-order valence-corrected chi connectivity index (χ4v) is 9.70. The number of carbonyl (C=O) groups excluding carboxylic acids is 3. The van der Waals surface area contributed by atoms with Crippen molar-refractivity contribution in [2.24, 2.45) is 29.6 Å². The standard InChI is InChI=1S/C50H68N4O5/c1-12-34-30(7)37-24-39-32(9)36(20-21-43(55)59-23-22-29(6)19-15-18-28(5)17-14-16-27(3)4)47(53-39)45-46(50(57)58-11)49(56)44-33(10)40(54-48(44)45)26-42-35(13-2)31(8)38(52-42)25-41(34)51-37/h22,24-28,32,36,46,51-54H,12-21,23H2,1-11H3/b29-22+,38-25-,39-24-,42-26-,47-45-/t28-,32+,36+,46-/m1/s1. The minimum Gasteiger partial charge on any atom is -0.468 e. The van der Waals surface area contributed by atoms with Gasteiger partial charge in [-0.1, -0.05) is 72.8 Å². The molecular weight excluding hydrogens is 737 g/mol. The van der Waals surface area contributed by atoms with Gasteiger partial charge in [-0.05, 0) is 124 Å². The predicted octanol–water partition coefficient (Wildman–Crippen LogP) is 9.19. The van der Waals surface area contributed by atoms with E-state index in [0.717, 1.165) is 82.3 Å². The molecule has 6 rings (SSSR count). The lowest BCUT2D eigenvalue weighted by Gasteiger charge is -2.19. The molecule has 1 aliphatic carbocycles. The van der Waals surface area contributed by atoms with Gasteiger partial charge < -0.3 is 29.7 Å². The maximum absolute atomic E-state index is 14.4. The summed E-state index contributed by atoms with van der Waals surface area (Å²) < 4.78 is 11.1. The molecule has 0 radical (unpaired) electrons. The molecule has 3 aromatic heterocycles. The van der Waals surface area contributed by atoms with Gasteiger partial charge in [0.2, 0.25) is 0 Å². The molecule has 0 spiro atoms. The third kappa shape index (κ3) is 9.04. The largest absolute Gasteiger partial charge is 0.468 e. The highest BCUT2D eigenvalue weighted by molar-refractivity contribution is 6.24. The second-order valence-corrected chi connectivity index (χ2v) is 17.9. The third-order valence-corrected chi connectivity index (χ3v) is 13.4. The van der Waals surface area contributed by atoms with Crippen molar-refractivity contribution < 1.29 is 23.9 Å². The lowest BCUT2D eigenvalue weighted by molar-refractivity contribution is -0.143. The van der Waals surface area contributed by atoms with Crippen LogP contribution in [-0.4, -0.2) is 46.4 Å². The summed E-state index contributed by atoms with van der Waals surface area (Å²) in [6.07, 6.45) is 18.1.